The molecule has 0 bridgehead atoms. The standard InChI is InChI=1S/C14H27ClO4/c1-14(2,3)19-13(16)12-18-11-10-17-9-7-5-4-6-8-15/h4-12H2,1-3H3. The molecule has 0 aromatic carbocycles. The van der Waals surface area contributed by atoms with E-state index in [0.29, 0.717) is 13.2 Å². The van der Waals surface area contributed by atoms with E-state index >= 15 is 0 Å². The Morgan fingerprint density at radius 1 is 0.947 bits per heavy atom. The maximum Gasteiger partial charge on any atom is 0.332 e. The molecule has 0 unspecified atom stereocenters. The number of halogens is 1. The van der Waals surface area contributed by atoms with Crippen molar-refractivity contribution in [1.82, 2.24) is 0 Å². The van der Waals surface area contributed by atoms with Crippen LogP contribution in [0, 0.1) is 0 Å². The van der Waals surface area contributed by atoms with Crippen LogP contribution in [0.25, 0.3) is 0 Å². The molecule has 0 aromatic rings. The molecule has 0 amide bonds. The summed E-state index contributed by atoms with van der Waals surface area (Å²) in [6.45, 7) is 7.14. The SMILES string of the molecule is CC(C)(C)OC(=O)COCCOCCCCCCCl. The average molecular weight is 295 g/mol. The molecule has 0 saturated heterocycles. The fourth-order valence-corrected chi connectivity index (χ4v) is 1.59. The van der Waals surface area contributed by atoms with E-state index in [-0.39, 0.29) is 12.6 Å². The van der Waals surface area contributed by atoms with E-state index in [1.54, 1.807) is 0 Å². The number of alkyl halides is 1. The zero-order valence-electron chi connectivity index (χ0n) is 12.4. The Kier molecular flexibility index (Phi) is 11.3. The first-order valence-corrected chi connectivity index (χ1v) is 7.42. The molecular weight excluding hydrogens is 268 g/mol. The highest BCUT2D eigenvalue weighted by Crippen LogP contribution is 2.06. The molecule has 0 saturated carbocycles. The number of rotatable bonds is 11. The van der Waals surface area contributed by atoms with Crippen LogP contribution in [0.5, 0.6) is 0 Å². The van der Waals surface area contributed by atoms with E-state index in [2.05, 4.69) is 0 Å². The predicted molar refractivity (Wildman–Crippen MR) is 76.7 cm³/mol. The minimum Gasteiger partial charge on any atom is -0.458 e. The molecule has 4 nitrogen and oxygen atoms in total. The second kappa shape index (κ2) is 11.5. The highest BCUT2D eigenvalue weighted by atomic mass is 35.5. The van der Waals surface area contributed by atoms with E-state index in [4.69, 9.17) is 25.8 Å². The van der Waals surface area contributed by atoms with Gasteiger partial charge in [-0.15, -0.1) is 11.6 Å². The summed E-state index contributed by atoms with van der Waals surface area (Å²) < 4.78 is 15.7. The number of hydrogen-bond donors (Lipinski definition) is 0. The van der Waals surface area contributed by atoms with Crippen molar-refractivity contribution in [2.24, 2.45) is 0 Å². The van der Waals surface area contributed by atoms with Gasteiger partial charge in [0.25, 0.3) is 0 Å². The van der Waals surface area contributed by atoms with E-state index in [9.17, 15) is 4.79 Å². The molecule has 0 heterocycles. The maximum absolute atomic E-state index is 11.3. The molecule has 0 spiro atoms. The Morgan fingerprint density at radius 2 is 1.58 bits per heavy atom. The third-order valence-electron chi connectivity index (χ3n) is 2.18. The first-order chi connectivity index (χ1) is 8.95. The first-order valence-electron chi connectivity index (χ1n) is 6.89. The van der Waals surface area contributed by atoms with Crippen LogP contribution in [0.4, 0.5) is 0 Å². The van der Waals surface area contributed by atoms with Gasteiger partial charge in [-0.25, -0.2) is 4.79 Å². The third kappa shape index (κ3) is 15.6. The van der Waals surface area contributed by atoms with Gasteiger partial charge in [0.15, 0.2) is 0 Å². The molecule has 0 N–H and O–H groups in total. The Morgan fingerprint density at radius 3 is 2.21 bits per heavy atom. The quantitative estimate of drug-likeness (QED) is 0.333. The van der Waals surface area contributed by atoms with Gasteiger partial charge in [0.1, 0.15) is 12.2 Å². The second-order valence-electron chi connectivity index (χ2n) is 5.35. The number of hydrogen-bond acceptors (Lipinski definition) is 4. The van der Waals surface area contributed by atoms with Crippen molar-refractivity contribution in [2.45, 2.75) is 52.1 Å². The smallest absolute Gasteiger partial charge is 0.332 e. The van der Waals surface area contributed by atoms with Crippen molar-refractivity contribution in [1.29, 1.82) is 0 Å². The lowest BCUT2D eigenvalue weighted by Gasteiger charge is -2.19. The van der Waals surface area contributed by atoms with Gasteiger partial charge < -0.3 is 14.2 Å². The summed E-state index contributed by atoms with van der Waals surface area (Å²) >= 11 is 5.58. The Hall–Kier alpha value is -0.320. The van der Waals surface area contributed by atoms with Crippen LogP contribution >= 0.6 is 11.6 Å². The summed E-state index contributed by atoms with van der Waals surface area (Å²) in [7, 11) is 0. The monoisotopic (exact) mass is 294 g/mol. The molecular formula is C14H27ClO4. The summed E-state index contributed by atoms with van der Waals surface area (Å²) in [6, 6.07) is 0. The van der Waals surface area contributed by atoms with E-state index in [1.807, 2.05) is 20.8 Å². The van der Waals surface area contributed by atoms with Crippen LogP contribution < -0.4 is 0 Å². The molecule has 0 fully saturated rings. The zero-order chi connectivity index (χ0) is 14.6. The van der Waals surface area contributed by atoms with E-state index < -0.39 is 5.60 Å². The third-order valence-corrected chi connectivity index (χ3v) is 2.45. The number of unbranched alkanes of at least 4 members (excludes halogenated alkanes) is 3. The van der Waals surface area contributed by atoms with Crippen LogP contribution in [0.3, 0.4) is 0 Å². The zero-order valence-corrected chi connectivity index (χ0v) is 13.1. The highest BCUT2D eigenvalue weighted by molar-refractivity contribution is 6.17. The van der Waals surface area contributed by atoms with E-state index in [0.717, 1.165) is 38.2 Å². The maximum atomic E-state index is 11.3. The number of esters is 1. The van der Waals surface area contributed by atoms with Crippen LogP contribution in [0.15, 0.2) is 0 Å². The second-order valence-corrected chi connectivity index (χ2v) is 5.73. The summed E-state index contributed by atoms with van der Waals surface area (Å²) in [5.74, 6) is 0.396. The summed E-state index contributed by atoms with van der Waals surface area (Å²) in [6.07, 6.45) is 4.41. The van der Waals surface area contributed by atoms with E-state index in [1.165, 1.54) is 0 Å². The van der Waals surface area contributed by atoms with Crippen molar-refractivity contribution in [3.63, 3.8) is 0 Å². The Labute approximate surface area is 121 Å². The normalized spacial score (nSPS) is 11.6. The van der Waals surface area contributed by atoms with Crippen LogP contribution in [-0.4, -0.2) is 43.9 Å². The lowest BCUT2D eigenvalue weighted by Crippen LogP contribution is -2.27. The summed E-state index contributed by atoms with van der Waals surface area (Å²) in [5.41, 5.74) is -0.458. The Balaban J connectivity index is 3.21. The van der Waals surface area contributed by atoms with Crippen molar-refractivity contribution in [3.8, 4) is 0 Å². The Bertz CT molecular complexity index is 226. The van der Waals surface area contributed by atoms with Gasteiger partial charge in [-0.3, -0.25) is 0 Å². The lowest BCUT2D eigenvalue weighted by atomic mass is 10.2. The fourth-order valence-electron chi connectivity index (χ4n) is 1.40. The minimum atomic E-state index is -0.458. The summed E-state index contributed by atoms with van der Waals surface area (Å²) in [5, 5.41) is 0. The van der Waals surface area contributed by atoms with Crippen molar-refractivity contribution in [2.75, 3.05) is 32.3 Å². The molecule has 19 heavy (non-hydrogen) atoms. The molecule has 0 rings (SSSR count). The van der Waals surface area contributed by atoms with Crippen LogP contribution in [0.1, 0.15) is 46.5 Å². The van der Waals surface area contributed by atoms with Crippen LogP contribution in [-0.2, 0) is 19.0 Å². The summed E-state index contributed by atoms with van der Waals surface area (Å²) in [4.78, 5) is 11.3. The lowest BCUT2D eigenvalue weighted by molar-refractivity contribution is -0.160. The van der Waals surface area contributed by atoms with Gasteiger partial charge >= 0.3 is 5.97 Å². The number of carbonyl (C=O) groups excluding carboxylic acids is 1. The highest BCUT2D eigenvalue weighted by Gasteiger charge is 2.15. The average Bonchev–Trinajstić information content (AvgIpc) is 2.29. The van der Waals surface area contributed by atoms with Crippen molar-refractivity contribution >= 4 is 17.6 Å². The molecule has 0 aliphatic carbocycles. The van der Waals surface area contributed by atoms with Gasteiger partial charge in [0.2, 0.25) is 0 Å². The molecule has 0 radical (unpaired) electrons. The number of carbonyl (C=O) groups is 1. The topological polar surface area (TPSA) is 44.8 Å². The molecule has 0 atom stereocenters. The van der Waals surface area contributed by atoms with Gasteiger partial charge in [-0.2, -0.15) is 0 Å². The largest absolute Gasteiger partial charge is 0.458 e. The molecule has 0 aromatic heterocycles. The predicted octanol–water partition coefficient (Wildman–Crippen LogP) is 3.16. The van der Waals surface area contributed by atoms with Crippen LogP contribution in [0.2, 0.25) is 0 Å². The van der Waals surface area contributed by atoms with Gasteiger partial charge in [-0.05, 0) is 33.6 Å². The first kappa shape index (κ1) is 18.7. The number of ether oxygens (including phenoxy) is 3. The molecule has 0 aliphatic rings. The van der Waals surface area contributed by atoms with Gasteiger partial charge in [-0.1, -0.05) is 12.8 Å². The molecule has 5 heteroatoms. The van der Waals surface area contributed by atoms with Crippen molar-refractivity contribution < 1.29 is 19.0 Å². The van der Waals surface area contributed by atoms with Gasteiger partial charge in [0.05, 0.1) is 13.2 Å². The fraction of sp³-hybridized carbons (Fsp3) is 0.929. The molecule has 114 valence electrons. The molecule has 0 aliphatic heterocycles. The minimum absolute atomic E-state index is 0.0175. The van der Waals surface area contributed by atoms with Crippen molar-refractivity contribution in [3.05, 3.63) is 0 Å². The van der Waals surface area contributed by atoms with Gasteiger partial charge in [0, 0.05) is 12.5 Å².